The van der Waals surface area contributed by atoms with Gasteiger partial charge in [-0.05, 0) is 83.1 Å². The Morgan fingerprint density at radius 2 is 1.71 bits per heavy atom. The highest BCUT2D eigenvalue weighted by Crippen LogP contribution is 2.45. The molecule has 0 bridgehead atoms. The van der Waals surface area contributed by atoms with Gasteiger partial charge in [-0.15, -0.1) is 5.10 Å². The predicted molar refractivity (Wildman–Crippen MR) is 139 cm³/mol. The molecular formula is C26H25N3O2S3. The Kier molecular flexibility index (Phi) is 5.28. The van der Waals surface area contributed by atoms with Crippen LogP contribution in [-0.4, -0.2) is 23.6 Å². The Morgan fingerprint density at radius 3 is 2.26 bits per heavy atom. The van der Waals surface area contributed by atoms with Crippen LogP contribution in [0.4, 0.5) is 5.82 Å². The van der Waals surface area contributed by atoms with Crippen molar-refractivity contribution in [1.82, 2.24) is 9.19 Å². The van der Waals surface area contributed by atoms with Crippen molar-refractivity contribution in [2.24, 2.45) is 0 Å². The first-order chi connectivity index (χ1) is 16.5. The van der Waals surface area contributed by atoms with Crippen LogP contribution in [0, 0.1) is 6.92 Å². The van der Waals surface area contributed by atoms with Crippen molar-refractivity contribution in [2.45, 2.75) is 49.0 Å². The van der Waals surface area contributed by atoms with Crippen LogP contribution < -0.4 is 5.32 Å². The van der Waals surface area contributed by atoms with Crippen molar-refractivity contribution < 1.29 is 8.42 Å². The number of fused-ring (bicyclic) bond motifs is 1. The zero-order chi connectivity index (χ0) is 23.3. The molecule has 3 heterocycles. The SMILES string of the molecule is Cc1ccc(S(=O)(=O)n2nc(NC3CCC3)c3c2CC(c2ccsc2)(c2ccsc2)C=C3)cc1. The Balaban J connectivity index is 1.53. The highest BCUT2D eigenvalue weighted by molar-refractivity contribution is 7.89. The fraction of sp³-hybridized carbons (Fsp3) is 0.269. The minimum Gasteiger partial charge on any atom is -0.365 e. The molecule has 174 valence electrons. The van der Waals surface area contributed by atoms with Crippen molar-refractivity contribution in [2.75, 3.05) is 5.32 Å². The molecular weight excluding hydrogens is 483 g/mol. The number of hydrogen-bond acceptors (Lipinski definition) is 6. The average Bonchev–Trinajstić information content (AvgIpc) is 3.58. The molecule has 2 aliphatic carbocycles. The van der Waals surface area contributed by atoms with Gasteiger partial charge in [0.15, 0.2) is 5.82 Å². The number of thiophene rings is 2. The average molecular weight is 508 g/mol. The lowest BCUT2D eigenvalue weighted by Gasteiger charge is -2.33. The summed E-state index contributed by atoms with van der Waals surface area (Å²) in [4.78, 5) is 0.254. The van der Waals surface area contributed by atoms with Crippen LogP contribution in [0.1, 0.15) is 47.2 Å². The first-order valence-electron chi connectivity index (χ1n) is 11.4. The van der Waals surface area contributed by atoms with E-state index in [1.54, 1.807) is 34.8 Å². The van der Waals surface area contributed by atoms with Gasteiger partial charge in [0.05, 0.1) is 10.6 Å². The fourth-order valence-electron chi connectivity index (χ4n) is 4.79. The second-order valence-corrected chi connectivity index (χ2v) is 12.5. The van der Waals surface area contributed by atoms with E-state index in [-0.39, 0.29) is 4.90 Å². The first kappa shape index (κ1) is 21.8. The molecule has 34 heavy (non-hydrogen) atoms. The maximum atomic E-state index is 13.8. The van der Waals surface area contributed by atoms with Crippen molar-refractivity contribution in [3.63, 3.8) is 0 Å². The third kappa shape index (κ3) is 3.47. The normalized spacial score (nSPS) is 17.3. The minimum atomic E-state index is -3.85. The second kappa shape index (κ2) is 8.22. The Hall–Kier alpha value is -2.68. The largest absolute Gasteiger partial charge is 0.365 e. The van der Waals surface area contributed by atoms with E-state index in [9.17, 15) is 8.42 Å². The van der Waals surface area contributed by atoms with E-state index in [2.05, 4.69) is 56.2 Å². The quantitative estimate of drug-likeness (QED) is 0.344. The molecule has 0 amide bonds. The Morgan fingerprint density at radius 1 is 1.03 bits per heavy atom. The number of hydrogen-bond donors (Lipinski definition) is 1. The highest BCUT2D eigenvalue weighted by atomic mass is 32.2. The molecule has 2 aliphatic rings. The Bertz CT molecular complexity index is 1410. The lowest BCUT2D eigenvalue weighted by molar-refractivity contribution is 0.444. The molecule has 6 rings (SSSR count). The molecule has 1 saturated carbocycles. The summed E-state index contributed by atoms with van der Waals surface area (Å²) in [6.07, 6.45) is 8.20. The molecule has 1 aromatic carbocycles. The number of nitrogens with zero attached hydrogens (tertiary/aromatic N) is 2. The van der Waals surface area contributed by atoms with Crippen LogP contribution in [0.3, 0.4) is 0 Å². The molecule has 1 fully saturated rings. The molecule has 8 heteroatoms. The van der Waals surface area contributed by atoms with Crippen LogP contribution in [0.25, 0.3) is 6.08 Å². The van der Waals surface area contributed by atoms with Gasteiger partial charge < -0.3 is 5.32 Å². The number of benzene rings is 1. The molecule has 0 saturated heterocycles. The zero-order valence-corrected chi connectivity index (χ0v) is 21.2. The molecule has 0 radical (unpaired) electrons. The summed E-state index contributed by atoms with van der Waals surface area (Å²) in [7, 11) is -3.85. The molecule has 5 nitrogen and oxygen atoms in total. The molecule has 0 spiro atoms. The van der Waals surface area contributed by atoms with Crippen LogP contribution >= 0.6 is 22.7 Å². The zero-order valence-electron chi connectivity index (χ0n) is 18.8. The van der Waals surface area contributed by atoms with Gasteiger partial charge in [-0.25, -0.2) is 0 Å². The van der Waals surface area contributed by atoms with Crippen LogP contribution in [0.2, 0.25) is 0 Å². The van der Waals surface area contributed by atoms with Gasteiger partial charge in [0.25, 0.3) is 10.0 Å². The minimum absolute atomic E-state index is 0.254. The third-order valence-corrected chi connectivity index (χ3v) is 10.0. The van der Waals surface area contributed by atoms with E-state index in [0.29, 0.717) is 18.3 Å². The van der Waals surface area contributed by atoms with Crippen LogP contribution in [0.15, 0.2) is 68.9 Å². The molecule has 3 aromatic heterocycles. The van der Waals surface area contributed by atoms with Gasteiger partial charge >= 0.3 is 0 Å². The van der Waals surface area contributed by atoms with E-state index < -0.39 is 15.4 Å². The van der Waals surface area contributed by atoms with Gasteiger partial charge in [0.1, 0.15) is 0 Å². The number of allylic oxidation sites excluding steroid dienone is 1. The summed E-state index contributed by atoms with van der Waals surface area (Å²) in [6, 6.07) is 11.6. The molecule has 0 unspecified atom stereocenters. The number of rotatable bonds is 6. The molecule has 0 aliphatic heterocycles. The summed E-state index contributed by atoms with van der Waals surface area (Å²) in [6.45, 7) is 1.95. The van der Waals surface area contributed by atoms with Crippen molar-refractivity contribution in [1.29, 1.82) is 0 Å². The van der Waals surface area contributed by atoms with E-state index in [1.165, 1.54) is 21.6 Å². The molecule has 1 N–H and O–H groups in total. The van der Waals surface area contributed by atoms with Gasteiger partial charge in [-0.1, -0.05) is 29.8 Å². The van der Waals surface area contributed by atoms with Gasteiger partial charge in [0, 0.05) is 23.4 Å². The van der Waals surface area contributed by atoms with E-state index in [4.69, 9.17) is 0 Å². The number of nitrogens with one attached hydrogen (secondary N) is 1. The smallest absolute Gasteiger partial charge is 0.283 e. The number of aromatic nitrogens is 2. The summed E-state index contributed by atoms with van der Waals surface area (Å²) in [5.41, 5.74) is 4.54. The van der Waals surface area contributed by atoms with Crippen LogP contribution in [0.5, 0.6) is 0 Å². The predicted octanol–water partition coefficient (Wildman–Crippen LogP) is 6.07. The van der Waals surface area contributed by atoms with Crippen molar-refractivity contribution >= 4 is 44.6 Å². The summed E-state index contributed by atoms with van der Waals surface area (Å²) in [5.74, 6) is 0.663. The Labute approximate surface area is 207 Å². The topological polar surface area (TPSA) is 64.0 Å². The van der Waals surface area contributed by atoms with Crippen molar-refractivity contribution in [3.05, 3.63) is 91.9 Å². The second-order valence-electron chi connectivity index (χ2n) is 9.15. The summed E-state index contributed by atoms with van der Waals surface area (Å²) < 4.78 is 29.0. The maximum absolute atomic E-state index is 13.8. The van der Waals surface area contributed by atoms with E-state index in [0.717, 1.165) is 29.7 Å². The fourth-order valence-corrected chi connectivity index (χ4v) is 7.59. The van der Waals surface area contributed by atoms with Gasteiger partial charge in [-0.2, -0.15) is 35.2 Å². The summed E-state index contributed by atoms with van der Waals surface area (Å²) in [5, 5.41) is 16.7. The number of aryl methyl sites for hydroxylation is 1. The highest BCUT2D eigenvalue weighted by Gasteiger charge is 2.40. The van der Waals surface area contributed by atoms with Gasteiger partial charge in [-0.3, -0.25) is 0 Å². The van der Waals surface area contributed by atoms with E-state index in [1.807, 2.05) is 19.1 Å². The van der Waals surface area contributed by atoms with E-state index >= 15 is 0 Å². The standard InChI is InChI=1S/C26H25N3O2S3/c1-18-5-7-22(8-6-18)34(30,31)29-24-15-26(19-10-13-32-16-19,20-11-14-33-17-20)12-9-23(24)25(28-29)27-21-3-2-4-21/h5-14,16-17,21H,2-4,15H2,1H3,(H,27,28). The van der Waals surface area contributed by atoms with Crippen LogP contribution in [-0.2, 0) is 21.9 Å². The lowest BCUT2D eigenvalue weighted by atomic mass is 9.70. The first-order valence-corrected chi connectivity index (χ1v) is 14.8. The maximum Gasteiger partial charge on any atom is 0.283 e. The van der Waals surface area contributed by atoms with Gasteiger partial charge in [0.2, 0.25) is 0 Å². The molecule has 4 aromatic rings. The van der Waals surface area contributed by atoms with Crippen molar-refractivity contribution in [3.8, 4) is 0 Å². The number of anilines is 1. The lowest BCUT2D eigenvalue weighted by Crippen LogP contribution is -2.32. The summed E-state index contributed by atoms with van der Waals surface area (Å²) >= 11 is 3.32. The monoisotopic (exact) mass is 507 g/mol. The molecule has 0 atom stereocenters. The third-order valence-electron chi connectivity index (χ3n) is 7.03.